The molecule has 17 heavy (non-hydrogen) atoms. The smallest absolute Gasteiger partial charge is 0.323 e. The fourth-order valence-electron chi connectivity index (χ4n) is 1.82. The molecule has 0 spiro atoms. The highest BCUT2D eigenvalue weighted by Gasteiger charge is 2.32. The van der Waals surface area contributed by atoms with E-state index < -0.39 is 12.1 Å². The SMILES string of the molecule is Cc1ccc2c(c1)N(CC(=O)O)C(=O)[C@H](C)O2. The molecule has 0 saturated heterocycles. The molecule has 1 aromatic rings. The predicted molar refractivity (Wildman–Crippen MR) is 61.3 cm³/mol. The molecule has 1 heterocycles. The Morgan fingerprint density at radius 1 is 1.53 bits per heavy atom. The molecule has 2 rings (SSSR count). The Morgan fingerprint density at radius 3 is 2.88 bits per heavy atom. The largest absolute Gasteiger partial charge is 0.480 e. The van der Waals surface area contributed by atoms with Crippen LogP contribution in [0.3, 0.4) is 0 Å². The summed E-state index contributed by atoms with van der Waals surface area (Å²) < 4.78 is 5.43. The Hall–Kier alpha value is -2.04. The molecule has 0 saturated carbocycles. The van der Waals surface area contributed by atoms with Gasteiger partial charge in [-0.25, -0.2) is 0 Å². The van der Waals surface area contributed by atoms with Crippen molar-refractivity contribution in [2.24, 2.45) is 0 Å². The van der Waals surface area contributed by atoms with Crippen molar-refractivity contribution < 1.29 is 19.4 Å². The van der Waals surface area contributed by atoms with Gasteiger partial charge in [-0.2, -0.15) is 0 Å². The Kier molecular flexibility index (Phi) is 2.75. The van der Waals surface area contributed by atoms with E-state index in [0.29, 0.717) is 11.4 Å². The fourth-order valence-corrected chi connectivity index (χ4v) is 1.82. The van der Waals surface area contributed by atoms with E-state index in [4.69, 9.17) is 9.84 Å². The van der Waals surface area contributed by atoms with Gasteiger partial charge in [0, 0.05) is 0 Å². The summed E-state index contributed by atoms with van der Waals surface area (Å²) in [5, 5.41) is 8.83. The van der Waals surface area contributed by atoms with Crippen LogP contribution in [0.4, 0.5) is 5.69 Å². The van der Waals surface area contributed by atoms with E-state index in [9.17, 15) is 9.59 Å². The van der Waals surface area contributed by atoms with Crippen molar-refractivity contribution in [1.82, 2.24) is 0 Å². The minimum Gasteiger partial charge on any atom is -0.480 e. The van der Waals surface area contributed by atoms with Crippen LogP contribution in [-0.2, 0) is 9.59 Å². The summed E-state index contributed by atoms with van der Waals surface area (Å²) in [6.07, 6.45) is -0.649. The summed E-state index contributed by atoms with van der Waals surface area (Å²) in [5.41, 5.74) is 1.47. The Morgan fingerprint density at radius 2 is 2.24 bits per heavy atom. The first-order valence-corrected chi connectivity index (χ1v) is 5.29. The van der Waals surface area contributed by atoms with E-state index in [1.807, 2.05) is 13.0 Å². The predicted octanol–water partition coefficient (Wildman–Crippen LogP) is 1.19. The molecule has 1 amide bonds. The van der Waals surface area contributed by atoms with Crippen LogP contribution in [0.15, 0.2) is 18.2 Å². The lowest BCUT2D eigenvalue weighted by Crippen LogP contribution is -2.46. The molecular weight excluding hydrogens is 222 g/mol. The molecule has 1 aliphatic rings. The topological polar surface area (TPSA) is 66.8 Å². The molecule has 0 aliphatic carbocycles. The minimum absolute atomic E-state index is 0.328. The number of hydrogen-bond acceptors (Lipinski definition) is 3. The highest BCUT2D eigenvalue weighted by molar-refractivity contribution is 6.02. The second-order valence-corrected chi connectivity index (χ2v) is 4.05. The van der Waals surface area contributed by atoms with Crippen LogP contribution < -0.4 is 9.64 Å². The number of anilines is 1. The van der Waals surface area contributed by atoms with Gasteiger partial charge in [-0.05, 0) is 31.5 Å². The monoisotopic (exact) mass is 235 g/mol. The first-order chi connectivity index (χ1) is 7.99. The lowest BCUT2D eigenvalue weighted by Gasteiger charge is -2.32. The Labute approximate surface area is 98.6 Å². The average molecular weight is 235 g/mol. The average Bonchev–Trinajstić information content (AvgIpc) is 2.25. The maximum absolute atomic E-state index is 11.9. The van der Waals surface area contributed by atoms with Crippen LogP contribution in [-0.4, -0.2) is 29.6 Å². The van der Waals surface area contributed by atoms with Gasteiger partial charge >= 0.3 is 5.97 Å². The van der Waals surface area contributed by atoms with Crippen molar-refractivity contribution in [3.63, 3.8) is 0 Å². The van der Waals surface area contributed by atoms with Crippen LogP contribution in [0, 0.1) is 6.92 Å². The van der Waals surface area contributed by atoms with E-state index >= 15 is 0 Å². The van der Waals surface area contributed by atoms with Gasteiger partial charge < -0.3 is 9.84 Å². The molecule has 0 bridgehead atoms. The number of fused-ring (bicyclic) bond motifs is 1. The number of hydrogen-bond donors (Lipinski definition) is 1. The quantitative estimate of drug-likeness (QED) is 0.836. The lowest BCUT2D eigenvalue weighted by molar-refractivity contribution is -0.137. The zero-order chi connectivity index (χ0) is 12.6. The van der Waals surface area contributed by atoms with Crippen molar-refractivity contribution in [2.75, 3.05) is 11.4 Å². The van der Waals surface area contributed by atoms with Gasteiger partial charge in [0.25, 0.3) is 5.91 Å². The number of nitrogens with zero attached hydrogens (tertiary/aromatic N) is 1. The molecular formula is C12H13NO4. The molecule has 5 nitrogen and oxygen atoms in total. The number of amides is 1. The summed E-state index contributed by atoms with van der Waals surface area (Å²) in [7, 11) is 0. The maximum atomic E-state index is 11.9. The van der Waals surface area contributed by atoms with E-state index in [-0.39, 0.29) is 12.5 Å². The zero-order valence-corrected chi connectivity index (χ0v) is 9.64. The summed E-state index contributed by atoms with van der Waals surface area (Å²) in [5.74, 6) is -0.825. The molecule has 0 unspecified atom stereocenters. The zero-order valence-electron chi connectivity index (χ0n) is 9.64. The third-order valence-corrected chi connectivity index (χ3v) is 2.62. The molecule has 90 valence electrons. The molecule has 0 fully saturated rings. The molecule has 1 N–H and O–H groups in total. The van der Waals surface area contributed by atoms with Crippen LogP contribution in [0.5, 0.6) is 5.75 Å². The standard InChI is InChI=1S/C12H13NO4/c1-7-3-4-10-9(5-7)13(6-11(14)15)12(16)8(2)17-10/h3-5,8H,6H2,1-2H3,(H,14,15)/t8-/m0/s1. The van der Waals surface area contributed by atoms with E-state index in [1.165, 1.54) is 4.90 Å². The molecule has 1 aliphatic heterocycles. The highest BCUT2D eigenvalue weighted by atomic mass is 16.5. The number of benzene rings is 1. The third kappa shape index (κ3) is 2.08. The molecule has 1 atom stereocenters. The summed E-state index contributed by atoms with van der Waals surface area (Å²) in [6.45, 7) is 3.14. The fraction of sp³-hybridized carbons (Fsp3) is 0.333. The van der Waals surface area contributed by atoms with Crippen molar-refractivity contribution in [2.45, 2.75) is 20.0 Å². The third-order valence-electron chi connectivity index (χ3n) is 2.62. The van der Waals surface area contributed by atoms with E-state index in [2.05, 4.69) is 0 Å². The Bertz CT molecular complexity index is 483. The number of carbonyl (C=O) groups excluding carboxylic acids is 1. The lowest BCUT2D eigenvalue weighted by atomic mass is 10.1. The van der Waals surface area contributed by atoms with Gasteiger partial charge in [0.2, 0.25) is 0 Å². The van der Waals surface area contributed by atoms with Crippen molar-refractivity contribution in [1.29, 1.82) is 0 Å². The number of carboxylic acid groups (broad SMARTS) is 1. The molecule has 0 radical (unpaired) electrons. The van der Waals surface area contributed by atoms with Crippen LogP contribution in [0.25, 0.3) is 0 Å². The Balaban J connectivity index is 2.46. The second kappa shape index (κ2) is 4.08. The number of aliphatic carboxylic acids is 1. The number of carboxylic acids is 1. The van der Waals surface area contributed by atoms with Crippen molar-refractivity contribution in [3.8, 4) is 5.75 Å². The van der Waals surface area contributed by atoms with Gasteiger partial charge in [0.1, 0.15) is 12.3 Å². The van der Waals surface area contributed by atoms with Crippen LogP contribution in [0.1, 0.15) is 12.5 Å². The normalized spacial score (nSPS) is 18.6. The maximum Gasteiger partial charge on any atom is 0.323 e. The van der Waals surface area contributed by atoms with Crippen LogP contribution in [0.2, 0.25) is 0 Å². The number of rotatable bonds is 2. The summed E-state index contributed by atoms with van der Waals surface area (Å²) in [4.78, 5) is 23.9. The van der Waals surface area contributed by atoms with E-state index in [1.54, 1.807) is 19.1 Å². The molecule has 5 heteroatoms. The second-order valence-electron chi connectivity index (χ2n) is 4.05. The number of aryl methyl sites for hydroxylation is 1. The minimum atomic E-state index is -1.04. The first-order valence-electron chi connectivity index (χ1n) is 5.29. The molecule has 0 aromatic heterocycles. The van der Waals surface area contributed by atoms with Crippen LogP contribution >= 0.6 is 0 Å². The summed E-state index contributed by atoms with van der Waals surface area (Å²) >= 11 is 0. The van der Waals surface area contributed by atoms with Gasteiger partial charge in [-0.1, -0.05) is 6.07 Å². The number of carbonyl (C=O) groups is 2. The number of ether oxygens (including phenoxy) is 1. The van der Waals surface area contributed by atoms with Gasteiger partial charge in [0.05, 0.1) is 5.69 Å². The summed E-state index contributed by atoms with van der Waals surface area (Å²) in [6, 6.07) is 5.37. The van der Waals surface area contributed by atoms with Gasteiger partial charge in [-0.15, -0.1) is 0 Å². The van der Waals surface area contributed by atoms with E-state index in [0.717, 1.165) is 5.56 Å². The first kappa shape index (κ1) is 11.4. The van der Waals surface area contributed by atoms with Gasteiger partial charge in [0.15, 0.2) is 6.10 Å². The van der Waals surface area contributed by atoms with Crippen molar-refractivity contribution >= 4 is 17.6 Å². The molecule has 1 aromatic carbocycles. The van der Waals surface area contributed by atoms with Crippen molar-refractivity contribution in [3.05, 3.63) is 23.8 Å². The highest BCUT2D eigenvalue weighted by Crippen LogP contribution is 2.34. The van der Waals surface area contributed by atoms with Gasteiger partial charge in [-0.3, -0.25) is 14.5 Å².